The number of fused-ring (bicyclic) bond motifs is 1. The molecule has 1 N–H and O–H groups in total. The highest BCUT2D eigenvalue weighted by Crippen LogP contribution is 2.33. The second kappa shape index (κ2) is 9.50. The zero-order valence-corrected chi connectivity index (χ0v) is 18.5. The van der Waals surface area contributed by atoms with Crippen molar-refractivity contribution in [2.45, 2.75) is 19.4 Å². The van der Waals surface area contributed by atoms with E-state index < -0.39 is 12.4 Å². The lowest BCUT2D eigenvalue weighted by molar-refractivity contribution is 0.0566. The van der Waals surface area contributed by atoms with Gasteiger partial charge in [-0.05, 0) is 61.3 Å². The van der Waals surface area contributed by atoms with Gasteiger partial charge in [-0.15, -0.1) is 0 Å². The minimum atomic E-state index is -2.74. The Labute approximate surface area is 194 Å². The van der Waals surface area contributed by atoms with Crippen molar-refractivity contribution in [2.24, 2.45) is 0 Å². The van der Waals surface area contributed by atoms with Crippen LogP contribution in [0.4, 0.5) is 23.2 Å². The smallest absolute Gasteiger partial charge is 0.333 e. The van der Waals surface area contributed by atoms with Crippen molar-refractivity contribution in [1.82, 2.24) is 19.7 Å². The van der Waals surface area contributed by atoms with E-state index in [0.717, 1.165) is 67.7 Å². The zero-order chi connectivity index (χ0) is 23.7. The van der Waals surface area contributed by atoms with Crippen LogP contribution in [0.3, 0.4) is 0 Å². The lowest BCUT2D eigenvalue weighted by atomic mass is 10.1. The van der Waals surface area contributed by atoms with Crippen LogP contribution in [0.1, 0.15) is 18.5 Å². The molecule has 178 valence electrons. The molecule has 0 spiro atoms. The fourth-order valence-corrected chi connectivity index (χ4v) is 4.66. The summed E-state index contributed by atoms with van der Waals surface area (Å²) in [6.45, 7) is 1.37. The van der Waals surface area contributed by atoms with E-state index in [2.05, 4.69) is 19.9 Å². The molecule has 5 rings (SSSR count). The number of halogens is 4. The molecule has 0 amide bonds. The number of aryl methyl sites for hydroxylation is 1. The van der Waals surface area contributed by atoms with Crippen molar-refractivity contribution < 1.29 is 17.6 Å². The first-order valence-electron chi connectivity index (χ1n) is 11.3. The maximum Gasteiger partial charge on any atom is 0.333 e. The van der Waals surface area contributed by atoms with Crippen LogP contribution in [0.15, 0.2) is 55.0 Å². The van der Waals surface area contributed by atoms with Gasteiger partial charge in [0.1, 0.15) is 11.6 Å². The summed E-state index contributed by atoms with van der Waals surface area (Å²) in [5.41, 5.74) is 3.91. The minimum Gasteiger partial charge on any atom is -0.368 e. The highest BCUT2D eigenvalue weighted by Gasteiger charge is 2.21. The van der Waals surface area contributed by atoms with E-state index in [-0.39, 0.29) is 5.82 Å². The molecule has 0 saturated carbocycles. The van der Waals surface area contributed by atoms with Crippen molar-refractivity contribution in [3.8, 4) is 11.1 Å². The third kappa shape index (κ3) is 4.65. The van der Waals surface area contributed by atoms with Crippen molar-refractivity contribution in [2.75, 3.05) is 37.6 Å². The Hall–Kier alpha value is -3.33. The summed E-state index contributed by atoms with van der Waals surface area (Å²) in [4.78, 5) is 7.74. The Balaban J connectivity index is 1.20. The molecule has 2 aromatic carbocycles. The van der Waals surface area contributed by atoms with Gasteiger partial charge in [-0.1, -0.05) is 0 Å². The molecule has 9 heteroatoms. The van der Waals surface area contributed by atoms with Gasteiger partial charge < -0.3 is 9.88 Å². The summed E-state index contributed by atoms with van der Waals surface area (Å²) in [5.74, 6) is -0.648. The van der Waals surface area contributed by atoms with Crippen molar-refractivity contribution >= 4 is 16.6 Å². The first-order valence-corrected chi connectivity index (χ1v) is 11.3. The van der Waals surface area contributed by atoms with Gasteiger partial charge in [0.2, 0.25) is 0 Å². The van der Waals surface area contributed by atoms with E-state index in [9.17, 15) is 17.6 Å². The van der Waals surface area contributed by atoms with E-state index in [1.54, 1.807) is 18.2 Å². The summed E-state index contributed by atoms with van der Waals surface area (Å²) in [5, 5.41) is 4.63. The molecule has 0 unspecified atom stereocenters. The summed E-state index contributed by atoms with van der Waals surface area (Å²) in [7, 11) is 0. The molecule has 1 aliphatic rings. The number of aromatic nitrogens is 3. The third-order valence-electron chi connectivity index (χ3n) is 6.43. The molecular weight excluding hydrogens is 446 g/mol. The predicted octanol–water partition coefficient (Wildman–Crippen LogP) is 5.46. The number of rotatable bonds is 7. The van der Waals surface area contributed by atoms with Crippen LogP contribution in [0, 0.1) is 11.6 Å². The van der Waals surface area contributed by atoms with Crippen LogP contribution in [-0.4, -0.2) is 52.4 Å². The first kappa shape index (κ1) is 22.5. The van der Waals surface area contributed by atoms with Gasteiger partial charge in [-0.25, -0.2) is 13.5 Å². The van der Waals surface area contributed by atoms with Gasteiger partial charge in [-0.2, -0.15) is 13.9 Å². The standard InChI is InChI=1S/C25H25F4N5/c26-19-3-5-23-21(12-19)17(14-30-23)2-1-7-32-8-10-33(11-9-32)24-6-4-20(27)13-22(24)18-15-31-34(16-18)25(28)29/h3-6,12-16,25,30H,1-2,7-11H2. The summed E-state index contributed by atoms with van der Waals surface area (Å²) < 4.78 is 54.0. The molecule has 1 saturated heterocycles. The number of piperazine rings is 1. The Morgan fingerprint density at radius 1 is 0.971 bits per heavy atom. The van der Waals surface area contributed by atoms with Crippen molar-refractivity contribution in [3.05, 3.63) is 72.2 Å². The topological polar surface area (TPSA) is 40.1 Å². The van der Waals surface area contributed by atoms with E-state index in [1.807, 2.05) is 6.20 Å². The number of alkyl halides is 2. The number of benzene rings is 2. The first-order chi connectivity index (χ1) is 16.5. The number of aromatic amines is 1. The number of nitrogens with zero attached hydrogens (tertiary/aromatic N) is 4. The fraction of sp³-hybridized carbons (Fsp3) is 0.320. The molecule has 3 heterocycles. The molecular formula is C25H25F4N5. The molecule has 34 heavy (non-hydrogen) atoms. The van der Waals surface area contributed by atoms with Crippen LogP contribution in [0.5, 0.6) is 0 Å². The molecule has 4 aromatic rings. The molecule has 0 radical (unpaired) electrons. The quantitative estimate of drug-likeness (QED) is 0.364. The second-order valence-corrected chi connectivity index (χ2v) is 8.58. The van der Waals surface area contributed by atoms with Crippen LogP contribution >= 0.6 is 0 Å². The molecule has 1 aliphatic heterocycles. The number of anilines is 1. The molecule has 5 nitrogen and oxygen atoms in total. The number of hydrogen-bond acceptors (Lipinski definition) is 3. The van der Waals surface area contributed by atoms with Gasteiger partial charge in [-0.3, -0.25) is 4.90 Å². The summed E-state index contributed by atoms with van der Waals surface area (Å²) >= 11 is 0. The monoisotopic (exact) mass is 471 g/mol. The average molecular weight is 472 g/mol. The number of nitrogens with one attached hydrogen (secondary N) is 1. The van der Waals surface area contributed by atoms with Crippen LogP contribution < -0.4 is 4.90 Å². The third-order valence-corrected chi connectivity index (χ3v) is 6.43. The van der Waals surface area contributed by atoms with Crippen molar-refractivity contribution in [3.63, 3.8) is 0 Å². The van der Waals surface area contributed by atoms with Crippen molar-refractivity contribution in [1.29, 1.82) is 0 Å². The normalized spacial score (nSPS) is 15.0. The van der Waals surface area contributed by atoms with Crippen LogP contribution in [0.2, 0.25) is 0 Å². The molecule has 0 atom stereocenters. The Bertz CT molecular complexity index is 1270. The Kier molecular flexibility index (Phi) is 6.28. The molecule has 2 aromatic heterocycles. The molecule has 0 aliphatic carbocycles. The SMILES string of the molecule is Fc1ccc(N2CCN(CCCc3c[nH]c4ccc(F)cc34)CC2)c(-c2cnn(C(F)F)c2)c1. The van der Waals surface area contributed by atoms with Gasteiger partial charge in [0.25, 0.3) is 0 Å². The largest absolute Gasteiger partial charge is 0.368 e. The maximum absolute atomic E-state index is 14.0. The van der Waals surface area contributed by atoms with Crippen LogP contribution in [0.25, 0.3) is 22.0 Å². The average Bonchev–Trinajstić information content (AvgIpc) is 3.47. The van der Waals surface area contributed by atoms with E-state index in [0.29, 0.717) is 15.8 Å². The fourth-order valence-electron chi connectivity index (χ4n) is 4.66. The molecule has 1 fully saturated rings. The minimum absolute atomic E-state index is 0.230. The van der Waals surface area contributed by atoms with E-state index in [4.69, 9.17) is 0 Å². The zero-order valence-electron chi connectivity index (χ0n) is 18.5. The Morgan fingerprint density at radius 2 is 1.74 bits per heavy atom. The lowest BCUT2D eigenvalue weighted by Crippen LogP contribution is -2.46. The van der Waals surface area contributed by atoms with Gasteiger partial charge in [0, 0.05) is 66.3 Å². The molecule has 0 bridgehead atoms. The maximum atomic E-state index is 14.0. The van der Waals surface area contributed by atoms with Gasteiger partial charge in [0.05, 0.1) is 6.20 Å². The summed E-state index contributed by atoms with van der Waals surface area (Å²) in [6.07, 6.45) is 6.36. The Morgan fingerprint density at radius 3 is 2.50 bits per heavy atom. The van der Waals surface area contributed by atoms with Crippen LogP contribution in [-0.2, 0) is 6.42 Å². The summed E-state index contributed by atoms with van der Waals surface area (Å²) in [6, 6.07) is 9.27. The number of H-pyrrole nitrogens is 1. The lowest BCUT2D eigenvalue weighted by Gasteiger charge is -2.37. The van der Waals surface area contributed by atoms with Gasteiger partial charge >= 0.3 is 6.55 Å². The highest BCUT2D eigenvalue weighted by atomic mass is 19.3. The van der Waals surface area contributed by atoms with E-state index >= 15 is 0 Å². The second-order valence-electron chi connectivity index (χ2n) is 8.58. The highest BCUT2D eigenvalue weighted by molar-refractivity contribution is 5.83. The van der Waals surface area contributed by atoms with E-state index in [1.165, 1.54) is 30.6 Å². The number of hydrogen-bond donors (Lipinski definition) is 1. The van der Waals surface area contributed by atoms with Gasteiger partial charge in [0.15, 0.2) is 0 Å². The predicted molar refractivity (Wildman–Crippen MR) is 124 cm³/mol.